The number of rotatable bonds is 6. The van der Waals surface area contributed by atoms with Gasteiger partial charge in [0.1, 0.15) is 6.04 Å². The van der Waals surface area contributed by atoms with Gasteiger partial charge in [0.05, 0.1) is 15.5 Å². The number of nitro benzene ring substituents is 1. The topological polar surface area (TPSA) is 118 Å². The van der Waals surface area contributed by atoms with Crippen LogP contribution in [0.2, 0.25) is 5.02 Å². The zero-order chi connectivity index (χ0) is 19.6. The number of aryl methyl sites for hydroxylation is 1. The van der Waals surface area contributed by atoms with Crippen LogP contribution in [0.3, 0.4) is 0 Å². The normalized spacial score (nSPS) is 12.4. The number of halogens is 1. The molecule has 0 fully saturated rings. The molecule has 0 aromatic heterocycles. The molecule has 0 bridgehead atoms. The predicted octanol–water partition coefficient (Wildman–Crippen LogP) is 3.23. The van der Waals surface area contributed by atoms with Crippen LogP contribution in [0.25, 0.3) is 0 Å². The largest absolute Gasteiger partial charge is 0.480 e. The minimum atomic E-state index is -4.25. The number of anilines is 1. The van der Waals surface area contributed by atoms with Crippen LogP contribution < -0.4 is 4.31 Å². The van der Waals surface area contributed by atoms with Crippen molar-refractivity contribution in [1.29, 1.82) is 0 Å². The summed E-state index contributed by atoms with van der Waals surface area (Å²) < 4.78 is 26.8. The monoisotopic (exact) mass is 398 g/mol. The van der Waals surface area contributed by atoms with Gasteiger partial charge >= 0.3 is 5.97 Å². The standard InChI is InChI=1S/C16H15ClN2O6S/c1-10-9-13(19(22)23)5-8-15(10)18(11(2)16(20)21)26(24,25)14-6-3-12(17)4-7-14/h3-9,11H,1-2H3,(H,20,21). The fraction of sp³-hybridized carbons (Fsp3) is 0.188. The number of carboxylic acid groups (broad SMARTS) is 1. The first-order chi connectivity index (χ1) is 12.1. The number of hydrogen-bond donors (Lipinski definition) is 1. The van der Waals surface area contributed by atoms with Crippen LogP contribution >= 0.6 is 11.6 Å². The van der Waals surface area contributed by atoms with E-state index >= 15 is 0 Å². The molecule has 0 aliphatic rings. The van der Waals surface area contributed by atoms with Crippen molar-refractivity contribution in [3.05, 3.63) is 63.2 Å². The third-order valence-electron chi connectivity index (χ3n) is 3.71. The quantitative estimate of drug-likeness (QED) is 0.589. The number of nitro groups is 1. The maximum absolute atomic E-state index is 13.0. The molecule has 0 saturated carbocycles. The van der Waals surface area contributed by atoms with Crippen LogP contribution in [0, 0.1) is 17.0 Å². The molecule has 2 aromatic rings. The highest BCUT2D eigenvalue weighted by Crippen LogP contribution is 2.31. The van der Waals surface area contributed by atoms with E-state index in [0.29, 0.717) is 5.02 Å². The molecule has 2 rings (SSSR count). The smallest absolute Gasteiger partial charge is 0.327 e. The van der Waals surface area contributed by atoms with Gasteiger partial charge in [-0.3, -0.25) is 14.4 Å². The van der Waals surface area contributed by atoms with Gasteiger partial charge in [0.2, 0.25) is 0 Å². The zero-order valence-corrected chi connectivity index (χ0v) is 15.4. The summed E-state index contributed by atoms with van der Waals surface area (Å²) in [5, 5.41) is 20.6. The van der Waals surface area contributed by atoms with Gasteiger partial charge in [0.15, 0.2) is 0 Å². The first-order valence-corrected chi connectivity index (χ1v) is 9.15. The van der Waals surface area contributed by atoms with Gasteiger partial charge in [0, 0.05) is 17.2 Å². The molecule has 0 amide bonds. The Morgan fingerprint density at radius 2 is 1.81 bits per heavy atom. The highest BCUT2D eigenvalue weighted by atomic mass is 35.5. The number of sulfonamides is 1. The lowest BCUT2D eigenvalue weighted by atomic mass is 10.1. The van der Waals surface area contributed by atoms with Crippen LogP contribution in [-0.4, -0.2) is 30.5 Å². The Bertz CT molecular complexity index is 959. The number of benzene rings is 2. The number of carboxylic acids is 1. The van der Waals surface area contributed by atoms with Gasteiger partial charge in [-0.1, -0.05) is 11.6 Å². The molecule has 0 spiro atoms. The van der Waals surface area contributed by atoms with Crippen LogP contribution in [0.4, 0.5) is 11.4 Å². The molecule has 1 atom stereocenters. The Hall–Kier alpha value is -2.65. The molecule has 0 aliphatic carbocycles. The second-order valence-electron chi connectivity index (χ2n) is 5.50. The van der Waals surface area contributed by atoms with E-state index in [4.69, 9.17) is 11.6 Å². The maximum atomic E-state index is 13.0. The fourth-order valence-electron chi connectivity index (χ4n) is 2.37. The zero-order valence-electron chi connectivity index (χ0n) is 13.8. The van der Waals surface area contributed by atoms with Gasteiger partial charge < -0.3 is 5.11 Å². The molecule has 138 valence electrons. The molecule has 1 N–H and O–H groups in total. The molecule has 8 nitrogen and oxygen atoms in total. The second kappa shape index (κ2) is 7.30. The summed E-state index contributed by atoms with van der Waals surface area (Å²) in [6.45, 7) is 2.69. The fourth-order valence-corrected chi connectivity index (χ4v) is 4.17. The van der Waals surface area contributed by atoms with Gasteiger partial charge in [-0.05, 0) is 49.7 Å². The van der Waals surface area contributed by atoms with E-state index in [1.54, 1.807) is 0 Å². The molecule has 0 aliphatic heterocycles. The average Bonchev–Trinajstić information content (AvgIpc) is 2.56. The van der Waals surface area contributed by atoms with E-state index in [0.717, 1.165) is 10.4 Å². The summed E-state index contributed by atoms with van der Waals surface area (Å²) in [7, 11) is -4.25. The molecular formula is C16H15ClN2O6S. The number of carbonyl (C=O) groups is 1. The second-order valence-corrected chi connectivity index (χ2v) is 7.75. The Balaban J connectivity index is 2.66. The summed E-state index contributed by atoms with van der Waals surface area (Å²) in [6.07, 6.45) is 0. The molecule has 2 aromatic carbocycles. The SMILES string of the molecule is Cc1cc([N+](=O)[O-])ccc1N(C(C)C(=O)O)S(=O)(=O)c1ccc(Cl)cc1. The predicted molar refractivity (Wildman–Crippen MR) is 96.0 cm³/mol. The Kier molecular flexibility index (Phi) is 5.53. The lowest BCUT2D eigenvalue weighted by Gasteiger charge is -2.29. The Morgan fingerprint density at radius 1 is 1.23 bits per heavy atom. The maximum Gasteiger partial charge on any atom is 0.327 e. The third-order valence-corrected chi connectivity index (χ3v) is 5.86. The summed E-state index contributed by atoms with van der Waals surface area (Å²) in [4.78, 5) is 21.6. The first-order valence-electron chi connectivity index (χ1n) is 7.33. The molecule has 0 saturated heterocycles. The third kappa shape index (κ3) is 3.78. The molecular weight excluding hydrogens is 384 g/mol. The molecule has 1 unspecified atom stereocenters. The van der Waals surface area contributed by atoms with Gasteiger partial charge in [-0.15, -0.1) is 0 Å². The number of hydrogen-bond acceptors (Lipinski definition) is 5. The lowest BCUT2D eigenvalue weighted by Crippen LogP contribution is -2.43. The minimum Gasteiger partial charge on any atom is -0.480 e. The van der Waals surface area contributed by atoms with Crippen molar-refractivity contribution < 1.29 is 23.2 Å². The van der Waals surface area contributed by atoms with Crippen LogP contribution in [0.5, 0.6) is 0 Å². The van der Waals surface area contributed by atoms with Crippen LogP contribution in [-0.2, 0) is 14.8 Å². The van der Waals surface area contributed by atoms with E-state index in [-0.39, 0.29) is 21.8 Å². The average molecular weight is 399 g/mol. The van der Waals surface area contributed by atoms with Gasteiger partial charge in [-0.25, -0.2) is 13.2 Å². The lowest BCUT2D eigenvalue weighted by molar-refractivity contribution is -0.384. The molecule has 0 radical (unpaired) electrons. The van der Waals surface area contributed by atoms with Crippen molar-refractivity contribution >= 4 is 39.0 Å². The Labute approximate surface area is 154 Å². The van der Waals surface area contributed by atoms with Crippen molar-refractivity contribution in [2.45, 2.75) is 24.8 Å². The Morgan fingerprint density at radius 3 is 2.27 bits per heavy atom. The molecule has 0 heterocycles. The van der Waals surface area contributed by atoms with E-state index in [1.807, 2.05) is 0 Å². The number of nitrogens with zero attached hydrogens (tertiary/aromatic N) is 2. The van der Waals surface area contributed by atoms with E-state index in [2.05, 4.69) is 0 Å². The number of aliphatic carboxylic acids is 1. The van der Waals surface area contributed by atoms with Crippen molar-refractivity contribution in [3.63, 3.8) is 0 Å². The van der Waals surface area contributed by atoms with Crippen molar-refractivity contribution in [3.8, 4) is 0 Å². The van der Waals surface area contributed by atoms with Crippen molar-refractivity contribution in [2.75, 3.05) is 4.31 Å². The summed E-state index contributed by atoms with van der Waals surface area (Å²) in [5.74, 6) is -1.36. The summed E-state index contributed by atoms with van der Waals surface area (Å²) in [6, 6.07) is 7.38. The highest BCUT2D eigenvalue weighted by molar-refractivity contribution is 7.93. The van der Waals surface area contributed by atoms with Crippen LogP contribution in [0.15, 0.2) is 47.4 Å². The first kappa shape index (κ1) is 19.7. The highest BCUT2D eigenvalue weighted by Gasteiger charge is 2.34. The van der Waals surface area contributed by atoms with E-state index in [1.165, 1.54) is 50.2 Å². The summed E-state index contributed by atoms with van der Waals surface area (Å²) >= 11 is 5.78. The minimum absolute atomic E-state index is 0.0421. The molecule has 10 heteroatoms. The van der Waals surface area contributed by atoms with Crippen LogP contribution in [0.1, 0.15) is 12.5 Å². The van der Waals surface area contributed by atoms with Gasteiger partial charge in [-0.2, -0.15) is 0 Å². The van der Waals surface area contributed by atoms with Crippen molar-refractivity contribution in [2.24, 2.45) is 0 Å². The molecule has 26 heavy (non-hydrogen) atoms. The number of non-ortho nitro benzene ring substituents is 1. The van der Waals surface area contributed by atoms with E-state index < -0.39 is 27.0 Å². The summed E-state index contributed by atoms with van der Waals surface area (Å²) in [5.41, 5.74) is 0.0726. The van der Waals surface area contributed by atoms with Crippen molar-refractivity contribution in [1.82, 2.24) is 0 Å². The van der Waals surface area contributed by atoms with Gasteiger partial charge in [0.25, 0.3) is 15.7 Å². The van der Waals surface area contributed by atoms with E-state index in [9.17, 15) is 28.4 Å².